The number of nitrogens with zero attached hydrogens (tertiary/aromatic N) is 5. The number of phenols is 1. The minimum Gasteiger partial charge on any atom is -0.508 e. The number of nitrogens with two attached hydrogens (primary N) is 2. The summed E-state index contributed by atoms with van der Waals surface area (Å²) in [6, 6.07) is 8.31. The Morgan fingerprint density at radius 1 is 0.504 bits per heavy atom. The SMILES string of the molecule is CCCC[C@H]1C(=O)N2C[C@H](O)C[C@@H]2C(=O)N[C@@H](CC(=O)O)C(=O)N[C@@H](C(C)C)C(=O)N(C)[C@H](Cc2ccccc2)C(=O)N[C@@H](CC(=O)O)C(=O)N2C[C@H](O)C[C@@H]2C(=O)N[C@@H](Cc2c[nH]c3ccccc23)C(=O)N[C@@H](Cc2ccc(O)cc2)C(=O)N[C@@H](CCCN)C(=O)N[C@H](C(=O)NCC(N)=O)CSCC(=O)N[C@@H](Cc2ccc(F)c(F)c2)C(=O)N(C)[C@@H](Cc2ccccc2)C(=O)N1C. The number of aliphatic carboxylic acids is 2. The number of benzene rings is 5. The van der Waals surface area contributed by atoms with Crippen molar-refractivity contribution in [3.8, 4) is 5.75 Å². The lowest BCUT2D eigenvalue weighted by Gasteiger charge is -2.38. The van der Waals surface area contributed by atoms with Crippen LogP contribution in [-0.4, -0.2) is 305 Å². The van der Waals surface area contributed by atoms with Gasteiger partial charge in [-0.2, -0.15) is 0 Å². The number of para-hydroxylation sites is 1. The highest BCUT2D eigenvalue weighted by Crippen LogP contribution is 2.29. The number of primary amides is 1. The van der Waals surface area contributed by atoms with E-state index in [2.05, 4.69) is 52.8 Å². The largest absolute Gasteiger partial charge is 0.508 e. The van der Waals surface area contributed by atoms with Gasteiger partial charge in [-0.1, -0.05) is 131 Å². The fourth-order valence-electron chi connectivity index (χ4n) is 16.1. The predicted molar refractivity (Wildman–Crippen MR) is 478 cm³/mol. The summed E-state index contributed by atoms with van der Waals surface area (Å²) in [5.41, 5.74) is 13.5. The van der Waals surface area contributed by atoms with E-state index in [1.165, 1.54) is 58.4 Å². The number of hydrogen-bond donors (Lipinski definition) is 17. The molecule has 1 aromatic heterocycles. The van der Waals surface area contributed by atoms with Crippen molar-refractivity contribution < 1.29 is 116 Å². The van der Waals surface area contributed by atoms with E-state index in [-0.39, 0.29) is 62.8 Å². The number of carboxylic acid groups (broad SMARTS) is 2. The zero-order valence-corrected chi connectivity index (χ0v) is 75.1. The highest BCUT2D eigenvalue weighted by molar-refractivity contribution is 8.00. The number of hydrogen-bond acceptors (Lipinski definition) is 22. The summed E-state index contributed by atoms with van der Waals surface area (Å²) in [5, 5.41) is 77.3. The Hall–Kier alpha value is -13.5. The molecule has 3 aliphatic heterocycles. The van der Waals surface area contributed by atoms with Gasteiger partial charge in [0.15, 0.2) is 11.6 Å². The minimum absolute atomic E-state index is 0.00923. The number of likely N-dealkylation sites (N-methyl/N-ethyl adjacent to an activating group) is 3. The molecule has 19 N–H and O–H groups in total. The molecule has 42 heteroatoms. The molecule has 0 bridgehead atoms. The van der Waals surface area contributed by atoms with Gasteiger partial charge in [0.25, 0.3) is 0 Å². The van der Waals surface area contributed by atoms with Gasteiger partial charge < -0.3 is 114 Å². The molecule has 6 aromatic rings. The topological polar surface area (TPSA) is 584 Å². The first kappa shape index (κ1) is 103. The number of carboxylic acids is 2. The standard InChI is InChI=1S/C91H115F2N17O22S/c1-7-8-25-69-90(131)110-46-57(113)40-72(110)86(127)102-65(41-76(116)117)83(124)105-78(49(2)3)91(132)107(5)70(36-50-18-11-9-12-19-50)84(125)103-67(42-77(118)119)88(129)109-45-56(112)39-71(109)85(126)101-64(38-54-43-96-61-23-16-15-22-58(54)61)82(123)100-63(34-52-26-29-55(111)30-27-52)81(122)99-62(24-17-32-94)80(121)104-68(79(120)97-44-74(95)114)47-133-48-75(115)98-66(35-53-28-31-59(92)60(93)33-53)87(128)108(6)73(89(130)106(69)4)37-51-20-13-10-14-21-51/h9-16,18-23,26-31,33,43,49,56-57,62-73,78,96,111-113H,7-8,17,24-25,32,34-42,44-48,94H2,1-6H3,(H2,95,114)(H,97,120)(H,98,115)(H,99,122)(H,100,123)(H,101,126)(H,102,127)(H,103,125)(H,104,121)(H,105,124)(H,116,117)(H,118,119)/t56-,57-,62+,63+,64+,65+,66+,67+,68+,69+,70-,71-,72-,73+,78+/m1/s1. The van der Waals surface area contributed by atoms with Crippen LogP contribution in [0.3, 0.4) is 0 Å². The van der Waals surface area contributed by atoms with Gasteiger partial charge in [0, 0.05) is 102 Å². The van der Waals surface area contributed by atoms with Crippen molar-refractivity contribution in [3.63, 3.8) is 0 Å². The van der Waals surface area contributed by atoms with Crippen molar-refractivity contribution in [2.24, 2.45) is 17.4 Å². The Bertz CT molecular complexity index is 5200. The van der Waals surface area contributed by atoms with E-state index in [1.54, 1.807) is 91.9 Å². The van der Waals surface area contributed by atoms with Crippen molar-refractivity contribution >= 4 is 123 Å². The van der Waals surface area contributed by atoms with Gasteiger partial charge in [0.05, 0.1) is 37.3 Å². The van der Waals surface area contributed by atoms with Gasteiger partial charge >= 0.3 is 11.9 Å². The fourth-order valence-corrected chi connectivity index (χ4v) is 17.0. The third kappa shape index (κ3) is 28.8. The van der Waals surface area contributed by atoms with Gasteiger partial charge in [-0.05, 0) is 89.9 Å². The zero-order valence-electron chi connectivity index (χ0n) is 74.3. The number of nitrogens with one attached hydrogen (secondary N) is 10. The first-order valence-corrected chi connectivity index (χ1v) is 44.7. The Labute approximate surface area is 769 Å². The molecule has 716 valence electrons. The molecule has 15 atom stereocenters. The molecule has 4 heterocycles. The lowest BCUT2D eigenvalue weighted by Crippen LogP contribution is -2.62. The third-order valence-corrected chi connectivity index (χ3v) is 24.4. The second kappa shape index (κ2) is 48.6. The number of aliphatic hydroxyl groups excluding tert-OH is 2. The van der Waals surface area contributed by atoms with Crippen LogP contribution in [0.4, 0.5) is 8.78 Å². The quantitative estimate of drug-likeness (QED) is 0.0339. The molecule has 39 nitrogen and oxygen atoms in total. The molecule has 0 radical (unpaired) electrons. The Balaban J connectivity index is 1.14. The van der Waals surface area contributed by atoms with Crippen LogP contribution in [0.25, 0.3) is 10.9 Å². The maximum Gasteiger partial charge on any atom is 0.305 e. The van der Waals surface area contributed by atoms with E-state index in [9.17, 15) is 68.3 Å². The predicted octanol–water partition coefficient (Wildman–Crippen LogP) is -1.17. The highest BCUT2D eigenvalue weighted by Gasteiger charge is 2.49. The Kier molecular flexibility index (Phi) is 37.7. The number of aliphatic hydroxyl groups is 2. The maximum atomic E-state index is 15.7. The van der Waals surface area contributed by atoms with Crippen LogP contribution in [0, 0.1) is 17.6 Å². The molecular formula is C91H115F2N17O22S. The van der Waals surface area contributed by atoms with E-state index in [0.717, 1.165) is 49.7 Å². The molecule has 3 fully saturated rings. The number of halogens is 2. The number of unbranched alkanes of at least 4 members (excludes halogenated alkanes) is 1. The number of amides is 15. The molecule has 0 spiro atoms. The van der Waals surface area contributed by atoms with Crippen LogP contribution < -0.4 is 59.3 Å². The molecule has 3 aliphatic rings. The van der Waals surface area contributed by atoms with Crippen molar-refractivity contribution in [3.05, 3.63) is 173 Å². The van der Waals surface area contributed by atoms with Crippen LogP contribution in [-0.2, 0) is 114 Å². The summed E-state index contributed by atoms with van der Waals surface area (Å²) in [6.07, 6.45) is -6.61. The Morgan fingerprint density at radius 2 is 1.01 bits per heavy atom. The summed E-state index contributed by atoms with van der Waals surface area (Å²) < 4.78 is 29.8. The molecule has 0 saturated carbocycles. The van der Waals surface area contributed by atoms with Crippen LogP contribution >= 0.6 is 11.8 Å². The number of rotatable bonds is 24. The van der Waals surface area contributed by atoms with E-state index in [0.29, 0.717) is 51.3 Å². The van der Waals surface area contributed by atoms with Gasteiger partial charge in [0.1, 0.15) is 84.3 Å². The van der Waals surface area contributed by atoms with Crippen molar-refractivity contribution in [1.29, 1.82) is 0 Å². The normalized spacial score (nSPS) is 24.6. The van der Waals surface area contributed by atoms with Crippen LogP contribution in [0.1, 0.15) is 106 Å². The molecule has 5 aromatic carbocycles. The van der Waals surface area contributed by atoms with Crippen LogP contribution in [0.15, 0.2) is 134 Å². The molecule has 3 saturated heterocycles. The average molecular weight is 1870 g/mol. The number of thioether (sulfide) groups is 1. The van der Waals surface area contributed by atoms with Crippen LogP contribution in [0.2, 0.25) is 0 Å². The number of aromatic amines is 1. The van der Waals surface area contributed by atoms with Gasteiger partial charge in [-0.3, -0.25) is 81.5 Å². The number of fused-ring (bicyclic) bond motifs is 3. The second-order valence-corrected chi connectivity index (χ2v) is 34.7. The van der Waals surface area contributed by atoms with E-state index in [4.69, 9.17) is 11.5 Å². The number of aromatic hydroxyl groups is 1. The molecule has 0 aliphatic carbocycles. The summed E-state index contributed by atoms with van der Waals surface area (Å²) in [7, 11) is 3.61. The molecule has 15 amide bonds. The Morgan fingerprint density at radius 3 is 1.59 bits per heavy atom. The zero-order chi connectivity index (χ0) is 97.2. The van der Waals surface area contributed by atoms with E-state index >= 15 is 47.5 Å². The summed E-state index contributed by atoms with van der Waals surface area (Å²) >= 11 is 0.678. The van der Waals surface area contributed by atoms with Crippen molar-refractivity contribution in [1.82, 2.24) is 77.3 Å². The molecular weight excluding hydrogens is 1750 g/mol. The molecule has 133 heavy (non-hydrogen) atoms. The smallest absolute Gasteiger partial charge is 0.305 e. The maximum absolute atomic E-state index is 15.7. The molecule has 9 rings (SSSR count). The second-order valence-electron chi connectivity index (χ2n) is 33.6. The van der Waals surface area contributed by atoms with Crippen LogP contribution in [0.5, 0.6) is 5.75 Å². The van der Waals surface area contributed by atoms with Gasteiger partial charge in [-0.15, -0.1) is 11.8 Å². The third-order valence-electron chi connectivity index (χ3n) is 23.4. The van der Waals surface area contributed by atoms with E-state index in [1.807, 2.05) is 0 Å². The lowest BCUT2D eigenvalue weighted by atomic mass is 9.98. The summed E-state index contributed by atoms with van der Waals surface area (Å²) in [6.45, 7) is 2.62. The van der Waals surface area contributed by atoms with Crippen molar-refractivity contribution in [2.45, 2.75) is 201 Å². The number of carbonyl (C=O) groups is 17. The number of H-pyrrole nitrogens is 1. The minimum atomic E-state index is -2.11. The first-order valence-electron chi connectivity index (χ1n) is 43.6. The van der Waals surface area contributed by atoms with Gasteiger partial charge in [-0.25, -0.2) is 8.78 Å². The fraction of sp³-hybridized carbons (Fsp3) is 0.462. The summed E-state index contributed by atoms with van der Waals surface area (Å²) in [5.74, 6) is -24.5. The highest BCUT2D eigenvalue weighted by atomic mass is 32.2. The number of phenolic OH excluding ortho intramolecular Hbond substituents is 1. The lowest BCUT2D eigenvalue weighted by molar-refractivity contribution is -0.152. The average Bonchev–Trinajstić information content (AvgIpc) is 1.74. The van der Waals surface area contributed by atoms with E-state index < -0.39 is 279 Å². The number of carbonyl (C=O) groups excluding carboxylic acids is 15. The molecule has 0 unspecified atom stereocenters. The van der Waals surface area contributed by atoms with Gasteiger partial charge in [0.2, 0.25) is 88.6 Å². The summed E-state index contributed by atoms with van der Waals surface area (Å²) in [4.78, 5) is 257. The monoisotopic (exact) mass is 1870 g/mol. The van der Waals surface area contributed by atoms with Crippen molar-refractivity contribution in [2.75, 3.05) is 58.8 Å². The first-order chi connectivity index (χ1) is 63.2. The number of aromatic nitrogens is 1.